The minimum atomic E-state index is -0.817. The Morgan fingerprint density at radius 1 is 1.17 bits per heavy atom. The molecule has 0 spiro atoms. The van der Waals surface area contributed by atoms with E-state index >= 15 is 0 Å². The summed E-state index contributed by atoms with van der Waals surface area (Å²) >= 11 is 0. The molecule has 0 amide bonds. The van der Waals surface area contributed by atoms with Crippen molar-refractivity contribution >= 4 is 11.8 Å². The number of halogens is 2. The van der Waals surface area contributed by atoms with Crippen molar-refractivity contribution in [2.75, 3.05) is 11.9 Å². The minimum absolute atomic E-state index is 0.219. The number of hydrogen-bond donors (Lipinski definition) is 2. The van der Waals surface area contributed by atoms with Gasteiger partial charge in [0, 0.05) is 11.6 Å². The van der Waals surface area contributed by atoms with Crippen LogP contribution in [-0.4, -0.2) is 17.5 Å². The van der Waals surface area contributed by atoms with Gasteiger partial charge in [-0.3, -0.25) is 4.99 Å². The van der Waals surface area contributed by atoms with Crippen LogP contribution in [0.25, 0.3) is 0 Å². The lowest BCUT2D eigenvalue weighted by Gasteiger charge is -2.28. The molecular weight excluding hydrogens is 310 g/mol. The van der Waals surface area contributed by atoms with Crippen LogP contribution < -0.4 is 11.1 Å². The second-order valence-electron chi connectivity index (χ2n) is 6.13. The molecule has 1 aliphatic rings. The van der Waals surface area contributed by atoms with Crippen molar-refractivity contribution in [3.63, 3.8) is 0 Å². The number of aromatic nitrogens is 1. The number of nitrogens with zero attached hydrogens (tertiary/aromatic N) is 2. The predicted molar refractivity (Wildman–Crippen MR) is 90.9 cm³/mol. The molecule has 0 unspecified atom stereocenters. The minimum Gasteiger partial charge on any atom is -0.370 e. The van der Waals surface area contributed by atoms with Crippen molar-refractivity contribution in [2.24, 2.45) is 10.7 Å². The van der Waals surface area contributed by atoms with Crippen LogP contribution in [0.4, 0.5) is 14.6 Å². The van der Waals surface area contributed by atoms with E-state index in [1.54, 1.807) is 30.5 Å². The lowest BCUT2D eigenvalue weighted by molar-refractivity contribution is 0.409. The topological polar surface area (TPSA) is 63.3 Å². The van der Waals surface area contributed by atoms with E-state index in [9.17, 15) is 8.78 Å². The summed E-state index contributed by atoms with van der Waals surface area (Å²) in [5.41, 5.74) is 5.82. The predicted octanol–water partition coefficient (Wildman–Crippen LogP) is 3.60. The summed E-state index contributed by atoms with van der Waals surface area (Å²) in [7, 11) is 0. The van der Waals surface area contributed by atoms with Gasteiger partial charge in [-0.2, -0.15) is 0 Å². The van der Waals surface area contributed by atoms with Gasteiger partial charge < -0.3 is 11.1 Å². The number of benzene rings is 1. The lowest BCUT2D eigenvalue weighted by atomic mass is 9.78. The molecule has 6 heteroatoms. The molecular formula is C18H20F2N4. The highest BCUT2D eigenvalue weighted by Gasteiger charge is 2.38. The molecule has 24 heavy (non-hydrogen) atoms. The van der Waals surface area contributed by atoms with Crippen molar-refractivity contribution in [3.05, 3.63) is 59.8 Å². The quantitative estimate of drug-likeness (QED) is 0.665. The molecule has 0 bridgehead atoms. The SMILES string of the molecule is NC(=NCC1(c2cccc(F)c2F)CCCC1)Nc1ccccn1. The smallest absolute Gasteiger partial charge is 0.194 e. The first kappa shape index (κ1) is 16.4. The van der Waals surface area contributed by atoms with Gasteiger partial charge in [-0.25, -0.2) is 13.8 Å². The molecule has 2 aromatic rings. The maximum Gasteiger partial charge on any atom is 0.194 e. The summed E-state index contributed by atoms with van der Waals surface area (Å²) in [6, 6.07) is 9.76. The molecule has 1 aromatic carbocycles. The number of aliphatic imine (C=N–C) groups is 1. The summed E-state index contributed by atoms with van der Waals surface area (Å²) in [6.07, 6.45) is 5.13. The van der Waals surface area contributed by atoms with Crippen LogP contribution in [0.5, 0.6) is 0 Å². The van der Waals surface area contributed by atoms with Gasteiger partial charge >= 0.3 is 0 Å². The summed E-state index contributed by atoms with van der Waals surface area (Å²) in [5.74, 6) is -0.777. The van der Waals surface area contributed by atoms with Crippen molar-refractivity contribution in [1.82, 2.24) is 4.98 Å². The summed E-state index contributed by atoms with van der Waals surface area (Å²) < 4.78 is 27.9. The normalized spacial score (nSPS) is 17.0. The van der Waals surface area contributed by atoms with Crippen LogP contribution in [0.3, 0.4) is 0 Å². The maximum absolute atomic E-state index is 14.3. The van der Waals surface area contributed by atoms with Gasteiger partial charge in [0.2, 0.25) is 0 Å². The molecule has 126 valence electrons. The fourth-order valence-electron chi connectivity index (χ4n) is 3.32. The number of pyridine rings is 1. The first-order valence-electron chi connectivity index (χ1n) is 8.03. The third-order valence-electron chi connectivity index (χ3n) is 4.56. The molecule has 3 rings (SSSR count). The zero-order valence-electron chi connectivity index (χ0n) is 13.3. The van der Waals surface area contributed by atoms with Crippen molar-refractivity contribution in [1.29, 1.82) is 0 Å². The number of nitrogens with one attached hydrogen (secondary N) is 1. The second kappa shape index (κ2) is 6.95. The van der Waals surface area contributed by atoms with E-state index in [0.717, 1.165) is 31.7 Å². The molecule has 1 saturated carbocycles. The Morgan fingerprint density at radius 3 is 2.67 bits per heavy atom. The molecule has 4 nitrogen and oxygen atoms in total. The molecule has 1 aliphatic carbocycles. The Bertz CT molecular complexity index is 725. The summed E-state index contributed by atoms with van der Waals surface area (Å²) in [6.45, 7) is 0.318. The highest BCUT2D eigenvalue weighted by Crippen LogP contribution is 2.42. The number of anilines is 1. The van der Waals surface area contributed by atoms with E-state index in [1.165, 1.54) is 0 Å². The van der Waals surface area contributed by atoms with Gasteiger partial charge in [0.25, 0.3) is 0 Å². The number of rotatable bonds is 4. The fraction of sp³-hybridized carbons (Fsp3) is 0.333. The number of hydrogen-bond acceptors (Lipinski definition) is 2. The standard InChI is InChI=1S/C18H20F2N4/c19-14-7-5-6-13(16(14)20)18(9-2-3-10-18)12-23-17(21)24-15-8-1-4-11-22-15/h1,4-8,11H,2-3,9-10,12H2,(H3,21,22,23,24). The molecule has 1 aromatic heterocycles. The van der Waals surface area contributed by atoms with Crippen LogP contribution in [0.15, 0.2) is 47.6 Å². The molecule has 3 N–H and O–H groups in total. The van der Waals surface area contributed by atoms with Gasteiger partial charge in [0.1, 0.15) is 5.82 Å². The average Bonchev–Trinajstić information content (AvgIpc) is 3.06. The van der Waals surface area contributed by atoms with Gasteiger partial charge in [-0.1, -0.05) is 31.0 Å². The monoisotopic (exact) mass is 330 g/mol. The van der Waals surface area contributed by atoms with Gasteiger partial charge in [0.15, 0.2) is 17.6 Å². The van der Waals surface area contributed by atoms with Crippen LogP contribution >= 0.6 is 0 Å². The van der Waals surface area contributed by atoms with E-state index < -0.39 is 17.0 Å². The average molecular weight is 330 g/mol. The van der Waals surface area contributed by atoms with Crippen LogP contribution in [0.2, 0.25) is 0 Å². The van der Waals surface area contributed by atoms with Gasteiger partial charge in [0.05, 0.1) is 6.54 Å². The number of guanidine groups is 1. The van der Waals surface area contributed by atoms with Crippen LogP contribution in [0.1, 0.15) is 31.2 Å². The zero-order valence-corrected chi connectivity index (χ0v) is 13.3. The Hall–Kier alpha value is -2.50. The summed E-state index contributed by atoms with van der Waals surface area (Å²) in [4.78, 5) is 8.49. The molecule has 0 atom stereocenters. The van der Waals surface area contributed by atoms with Crippen molar-refractivity contribution < 1.29 is 8.78 Å². The maximum atomic E-state index is 14.3. The largest absolute Gasteiger partial charge is 0.370 e. The third kappa shape index (κ3) is 3.37. The Kier molecular flexibility index (Phi) is 4.74. The zero-order chi connectivity index (χ0) is 17.0. The van der Waals surface area contributed by atoms with E-state index in [0.29, 0.717) is 17.9 Å². The highest BCUT2D eigenvalue weighted by molar-refractivity contribution is 5.91. The van der Waals surface area contributed by atoms with Gasteiger partial charge in [-0.15, -0.1) is 0 Å². The van der Waals surface area contributed by atoms with Crippen molar-refractivity contribution in [2.45, 2.75) is 31.1 Å². The first-order chi connectivity index (χ1) is 11.6. The molecule has 0 saturated heterocycles. The highest BCUT2D eigenvalue weighted by atomic mass is 19.2. The summed E-state index contributed by atoms with van der Waals surface area (Å²) in [5, 5.41) is 2.91. The third-order valence-corrected chi connectivity index (χ3v) is 4.56. The second-order valence-corrected chi connectivity index (χ2v) is 6.13. The van der Waals surface area contributed by atoms with Gasteiger partial charge in [-0.05, 0) is 36.6 Å². The van der Waals surface area contributed by atoms with E-state index in [-0.39, 0.29) is 5.96 Å². The lowest BCUT2D eigenvalue weighted by Crippen LogP contribution is -2.31. The Labute approximate surface area is 139 Å². The molecule has 0 radical (unpaired) electrons. The fourth-order valence-corrected chi connectivity index (χ4v) is 3.32. The van der Waals surface area contributed by atoms with E-state index in [4.69, 9.17) is 5.73 Å². The van der Waals surface area contributed by atoms with E-state index in [2.05, 4.69) is 15.3 Å². The van der Waals surface area contributed by atoms with E-state index in [1.807, 2.05) is 6.07 Å². The Morgan fingerprint density at radius 2 is 1.96 bits per heavy atom. The first-order valence-corrected chi connectivity index (χ1v) is 8.03. The molecule has 1 fully saturated rings. The molecule has 0 aliphatic heterocycles. The van der Waals surface area contributed by atoms with Crippen LogP contribution in [0, 0.1) is 11.6 Å². The van der Waals surface area contributed by atoms with Crippen molar-refractivity contribution in [3.8, 4) is 0 Å². The number of nitrogens with two attached hydrogens (primary N) is 1. The molecule has 1 heterocycles. The Balaban J connectivity index is 1.81. The van der Waals surface area contributed by atoms with Crippen LogP contribution in [-0.2, 0) is 5.41 Å².